The van der Waals surface area contributed by atoms with E-state index in [1.807, 2.05) is 25.1 Å². The lowest BCUT2D eigenvalue weighted by atomic mass is 10.1. The maximum atomic E-state index is 13.6. The van der Waals surface area contributed by atoms with Gasteiger partial charge in [-0.2, -0.15) is 0 Å². The Kier molecular flexibility index (Phi) is 4.02. The summed E-state index contributed by atoms with van der Waals surface area (Å²) in [6.07, 6.45) is 0. The Morgan fingerprint density at radius 3 is 2.56 bits per heavy atom. The third kappa shape index (κ3) is 3.10. The summed E-state index contributed by atoms with van der Waals surface area (Å²) in [6, 6.07) is 11.3. The van der Waals surface area contributed by atoms with Gasteiger partial charge in [-0.1, -0.05) is 39.7 Å². The molecule has 94 valence electrons. The zero-order chi connectivity index (χ0) is 13.1. The molecule has 2 aromatic rings. The number of halogens is 2. The van der Waals surface area contributed by atoms with Crippen LogP contribution in [0.15, 0.2) is 40.9 Å². The third-order valence-corrected chi connectivity index (χ3v) is 3.36. The first-order valence-corrected chi connectivity index (χ1v) is 6.60. The fourth-order valence-corrected chi connectivity index (χ4v) is 2.20. The first kappa shape index (κ1) is 13.1. The second-order valence-corrected chi connectivity index (χ2v) is 5.32. The van der Waals surface area contributed by atoms with Gasteiger partial charge in [-0.15, -0.1) is 0 Å². The van der Waals surface area contributed by atoms with Crippen molar-refractivity contribution < 1.29 is 4.39 Å². The van der Waals surface area contributed by atoms with Crippen LogP contribution < -0.4 is 5.32 Å². The highest BCUT2D eigenvalue weighted by molar-refractivity contribution is 9.10. The number of anilines is 1. The molecule has 0 saturated heterocycles. The highest BCUT2D eigenvalue weighted by Gasteiger charge is 2.03. The molecule has 0 aliphatic rings. The normalized spacial score (nSPS) is 10.4. The van der Waals surface area contributed by atoms with Gasteiger partial charge in [0.1, 0.15) is 5.82 Å². The van der Waals surface area contributed by atoms with E-state index in [-0.39, 0.29) is 5.82 Å². The molecule has 0 amide bonds. The summed E-state index contributed by atoms with van der Waals surface area (Å²) in [6.45, 7) is 4.60. The van der Waals surface area contributed by atoms with E-state index in [2.05, 4.69) is 34.2 Å². The molecule has 0 spiro atoms. The van der Waals surface area contributed by atoms with Crippen LogP contribution in [0.5, 0.6) is 0 Å². The van der Waals surface area contributed by atoms with E-state index in [9.17, 15) is 4.39 Å². The Morgan fingerprint density at radius 2 is 1.89 bits per heavy atom. The van der Waals surface area contributed by atoms with Crippen molar-refractivity contribution in [3.05, 3.63) is 63.4 Å². The van der Waals surface area contributed by atoms with Gasteiger partial charge in [0.05, 0.1) is 0 Å². The van der Waals surface area contributed by atoms with E-state index in [1.54, 1.807) is 6.07 Å². The minimum absolute atomic E-state index is 0.193. The predicted molar refractivity (Wildman–Crippen MR) is 77.3 cm³/mol. The zero-order valence-corrected chi connectivity index (χ0v) is 12.0. The van der Waals surface area contributed by atoms with Crippen LogP contribution >= 0.6 is 15.9 Å². The molecule has 2 rings (SSSR count). The fourth-order valence-electron chi connectivity index (χ4n) is 1.87. The van der Waals surface area contributed by atoms with Crippen LogP contribution in [0.3, 0.4) is 0 Å². The molecule has 0 heterocycles. The van der Waals surface area contributed by atoms with Crippen LogP contribution in [0.1, 0.15) is 16.7 Å². The number of aryl methyl sites for hydroxylation is 2. The molecule has 18 heavy (non-hydrogen) atoms. The number of hydrogen-bond donors (Lipinski definition) is 1. The van der Waals surface area contributed by atoms with Crippen LogP contribution in [0, 0.1) is 19.7 Å². The summed E-state index contributed by atoms with van der Waals surface area (Å²) in [5.41, 5.74) is 4.11. The van der Waals surface area contributed by atoms with Crippen LogP contribution in [-0.4, -0.2) is 0 Å². The lowest BCUT2D eigenvalue weighted by Crippen LogP contribution is -2.03. The maximum absolute atomic E-state index is 13.6. The summed E-state index contributed by atoms with van der Waals surface area (Å²) in [7, 11) is 0. The second kappa shape index (κ2) is 5.53. The summed E-state index contributed by atoms with van der Waals surface area (Å²) in [4.78, 5) is 0. The van der Waals surface area contributed by atoms with E-state index in [4.69, 9.17) is 0 Å². The van der Waals surface area contributed by atoms with Crippen molar-refractivity contribution in [3.8, 4) is 0 Å². The molecule has 0 atom stereocenters. The third-order valence-electron chi connectivity index (χ3n) is 2.87. The molecule has 1 N–H and O–H groups in total. The smallest absolute Gasteiger partial charge is 0.129 e. The molecule has 3 heteroatoms. The van der Waals surface area contributed by atoms with E-state index in [1.165, 1.54) is 17.2 Å². The van der Waals surface area contributed by atoms with Crippen molar-refractivity contribution in [1.82, 2.24) is 0 Å². The second-order valence-electron chi connectivity index (χ2n) is 4.41. The largest absolute Gasteiger partial charge is 0.381 e. The van der Waals surface area contributed by atoms with Gasteiger partial charge >= 0.3 is 0 Å². The van der Waals surface area contributed by atoms with Gasteiger partial charge < -0.3 is 5.32 Å². The van der Waals surface area contributed by atoms with Crippen molar-refractivity contribution in [2.45, 2.75) is 20.4 Å². The lowest BCUT2D eigenvalue weighted by molar-refractivity contribution is 0.612. The summed E-state index contributed by atoms with van der Waals surface area (Å²) in [5, 5.41) is 3.26. The van der Waals surface area contributed by atoms with Gasteiger partial charge in [-0.25, -0.2) is 4.39 Å². The lowest BCUT2D eigenvalue weighted by Gasteiger charge is -2.11. The fraction of sp³-hybridized carbons (Fsp3) is 0.200. The Labute approximate surface area is 115 Å². The number of hydrogen-bond acceptors (Lipinski definition) is 1. The highest BCUT2D eigenvalue weighted by Crippen LogP contribution is 2.19. The molecule has 0 fully saturated rings. The standard InChI is InChI=1S/C15H15BrFN/c1-10-3-6-15(11(2)7-10)18-9-12-4-5-13(16)8-14(12)17/h3-8,18H,9H2,1-2H3. The van der Waals surface area contributed by atoms with Crippen molar-refractivity contribution in [2.24, 2.45) is 0 Å². The van der Waals surface area contributed by atoms with Gasteiger partial charge in [-0.3, -0.25) is 0 Å². The summed E-state index contributed by atoms with van der Waals surface area (Å²) in [5.74, 6) is -0.193. The molecular weight excluding hydrogens is 293 g/mol. The van der Waals surface area contributed by atoms with Gasteiger partial charge in [0.15, 0.2) is 0 Å². The Hall–Kier alpha value is -1.35. The zero-order valence-electron chi connectivity index (χ0n) is 10.4. The van der Waals surface area contributed by atoms with Crippen molar-refractivity contribution in [1.29, 1.82) is 0 Å². The Balaban J connectivity index is 2.11. The first-order chi connectivity index (χ1) is 8.56. The Bertz CT molecular complexity index is 515. The van der Waals surface area contributed by atoms with E-state index >= 15 is 0 Å². The summed E-state index contributed by atoms with van der Waals surface area (Å²) >= 11 is 3.25. The molecule has 0 aromatic heterocycles. The SMILES string of the molecule is Cc1ccc(NCc2ccc(Br)cc2F)c(C)c1. The quantitative estimate of drug-likeness (QED) is 0.857. The average molecular weight is 308 g/mol. The van der Waals surface area contributed by atoms with Gasteiger partial charge in [0.2, 0.25) is 0 Å². The Morgan fingerprint density at radius 1 is 1.11 bits per heavy atom. The molecule has 0 saturated carbocycles. The van der Waals surface area contributed by atoms with E-state index in [0.29, 0.717) is 12.1 Å². The number of rotatable bonds is 3. The van der Waals surface area contributed by atoms with Crippen LogP contribution in [0.25, 0.3) is 0 Å². The minimum atomic E-state index is -0.193. The van der Waals surface area contributed by atoms with Gasteiger partial charge in [0.25, 0.3) is 0 Å². The molecular formula is C15H15BrFN. The van der Waals surface area contributed by atoms with Gasteiger partial charge in [0, 0.05) is 22.3 Å². The van der Waals surface area contributed by atoms with E-state index in [0.717, 1.165) is 10.2 Å². The predicted octanol–water partition coefficient (Wildman–Crippen LogP) is 4.82. The highest BCUT2D eigenvalue weighted by atomic mass is 79.9. The van der Waals surface area contributed by atoms with Crippen molar-refractivity contribution >= 4 is 21.6 Å². The number of nitrogens with one attached hydrogen (secondary N) is 1. The molecule has 0 radical (unpaired) electrons. The minimum Gasteiger partial charge on any atom is -0.381 e. The summed E-state index contributed by atoms with van der Waals surface area (Å²) < 4.78 is 14.4. The number of benzene rings is 2. The molecule has 1 nitrogen and oxygen atoms in total. The van der Waals surface area contributed by atoms with Crippen molar-refractivity contribution in [3.63, 3.8) is 0 Å². The van der Waals surface area contributed by atoms with Crippen LogP contribution in [-0.2, 0) is 6.54 Å². The first-order valence-electron chi connectivity index (χ1n) is 5.81. The van der Waals surface area contributed by atoms with Crippen molar-refractivity contribution in [2.75, 3.05) is 5.32 Å². The topological polar surface area (TPSA) is 12.0 Å². The van der Waals surface area contributed by atoms with Gasteiger partial charge in [-0.05, 0) is 37.6 Å². The molecule has 0 aliphatic heterocycles. The molecule has 0 bridgehead atoms. The molecule has 0 unspecified atom stereocenters. The van der Waals surface area contributed by atoms with Crippen LogP contribution in [0.2, 0.25) is 0 Å². The van der Waals surface area contributed by atoms with E-state index < -0.39 is 0 Å². The average Bonchev–Trinajstić information content (AvgIpc) is 2.30. The molecule has 0 aliphatic carbocycles. The molecule has 2 aromatic carbocycles. The monoisotopic (exact) mass is 307 g/mol. The maximum Gasteiger partial charge on any atom is 0.129 e. The van der Waals surface area contributed by atoms with Crippen LogP contribution in [0.4, 0.5) is 10.1 Å².